The van der Waals surface area contributed by atoms with E-state index in [1.54, 1.807) is 31.4 Å². The number of sulfonamides is 1. The van der Waals surface area contributed by atoms with Gasteiger partial charge in [-0.05, 0) is 48.0 Å². The minimum atomic E-state index is -3.82. The molecular weight excluding hydrogens is 458 g/mol. The minimum Gasteiger partial charge on any atom is -0.497 e. The van der Waals surface area contributed by atoms with Gasteiger partial charge < -0.3 is 14.0 Å². The van der Waals surface area contributed by atoms with Gasteiger partial charge in [-0.3, -0.25) is 0 Å². The zero-order chi connectivity index (χ0) is 24.0. The largest absolute Gasteiger partial charge is 0.497 e. The van der Waals surface area contributed by atoms with Crippen molar-refractivity contribution >= 4 is 16.0 Å². The Morgan fingerprint density at radius 2 is 1.76 bits per heavy atom. The fourth-order valence-corrected chi connectivity index (χ4v) is 4.09. The summed E-state index contributed by atoms with van der Waals surface area (Å²) in [6.45, 7) is -0.128. The number of carbonyl (C=O) groups excluding carboxylic acids is 1. The van der Waals surface area contributed by atoms with Crippen molar-refractivity contribution in [2.45, 2.75) is 18.0 Å². The van der Waals surface area contributed by atoms with Crippen LogP contribution in [0.5, 0.6) is 5.75 Å². The molecule has 0 saturated carbocycles. The molecule has 1 aromatic heterocycles. The molecule has 0 unspecified atom stereocenters. The number of rotatable bonds is 9. The fraction of sp³-hybridized carbons (Fsp3) is 0.125. The van der Waals surface area contributed by atoms with E-state index >= 15 is 0 Å². The van der Waals surface area contributed by atoms with Crippen LogP contribution in [0.1, 0.15) is 21.8 Å². The molecule has 4 rings (SSSR count). The number of esters is 1. The number of hydrogen-bond acceptors (Lipinski definition) is 8. The van der Waals surface area contributed by atoms with Crippen LogP contribution in [0.4, 0.5) is 0 Å². The van der Waals surface area contributed by atoms with E-state index in [1.165, 1.54) is 24.3 Å². The summed E-state index contributed by atoms with van der Waals surface area (Å²) in [6, 6.07) is 21.8. The van der Waals surface area contributed by atoms with Gasteiger partial charge in [0.05, 0.1) is 17.6 Å². The van der Waals surface area contributed by atoms with Gasteiger partial charge in [-0.15, -0.1) is 0 Å². The maximum Gasteiger partial charge on any atom is 0.338 e. The molecule has 0 spiro atoms. The molecule has 9 nitrogen and oxygen atoms in total. The number of carbonyl (C=O) groups is 1. The highest BCUT2D eigenvalue weighted by Gasteiger charge is 2.18. The van der Waals surface area contributed by atoms with Crippen molar-refractivity contribution in [2.24, 2.45) is 0 Å². The number of hydrogen-bond donors (Lipinski definition) is 1. The Hall–Kier alpha value is -4.02. The number of nitrogens with one attached hydrogen (secondary N) is 1. The van der Waals surface area contributed by atoms with Crippen LogP contribution >= 0.6 is 0 Å². The maximum atomic E-state index is 12.6. The third-order valence-corrected chi connectivity index (χ3v) is 6.23. The molecule has 3 aromatic carbocycles. The summed E-state index contributed by atoms with van der Waals surface area (Å²) in [5.74, 6) is 0.420. The second-order valence-corrected chi connectivity index (χ2v) is 8.92. The van der Waals surface area contributed by atoms with E-state index in [0.717, 1.165) is 5.56 Å². The van der Waals surface area contributed by atoms with Crippen LogP contribution < -0.4 is 9.46 Å². The molecule has 34 heavy (non-hydrogen) atoms. The maximum absolute atomic E-state index is 12.6. The highest BCUT2D eigenvalue weighted by atomic mass is 32.2. The number of nitrogens with zero attached hydrogens (tertiary/aromatic N) is 2. The topological polar surface area (TPSA) is 121 Å². The van der Waals surface area contributed by atoms with Crippen LogP contribution in [0.2, 0.25) is 0 Å². The Labute approximate surface area is 196 Å². The van der Waals surface area contributed by atoms with Gasteiger partial charge in [0.25, 0.3) is 5.89 Å². The number of benzene rings is 3. The first-order valence-corrected chi connectivity index (χ1v) is 11.7. The third-order valence-electron chi connectivity index (χ3n) is 4.83. The molecule has 0 aliphatic heterocycles. The monoisotopic (exact) mass is 479 g/mol. The standard InChI is InChI=1S/C24H21N3O6S/c1-31-20-12-10-18(11-13-20)23-26-22(33-27-23)16-32-24(28)19-8-5-9-21(14-19)34(29,30)25-15-17-6-3-2-4-7-17/h2-14,25H,15-16H2,1H3. The molecule has 0 radical (unpaired) electrons. The van der Waals surface area contributed by atoms with Crippen LogP contribution in [0.3, 0.4) is 0 Å². The first-order chi connectivity index (χ1) is 16.4. The van der Waals surface area contributed by atoms with Crippen LogP contribution in [-0.2, 0) is 27.9 Å². The number of methoxy groups -OCH3 is 1. The molecule has 0 aliphatic carbocycles. The van der Waals surface area contributed by atoms with E-state index in [-0.39, 0.29) is 29.5 Å². The Bertz CT molecular complexity index is 1370. The average Bonchev–Trinajstić information content (AvgIpc) is 3.36. The lowest BCUT2D eigenvalue weighted by Gasteiger charge is -2.08. The third kappa shape index (κ3) is 5.66. The van der Waals surface area contributed by atoms with Crippen molar-refractivity contribution in [3.8, 4) is 17.1 Å². The Morgan fingerprint density at radius 1 is 1.00 bits per heavy atom. The van der Waals surface area contributed by atoms with Gasteiger partial charge in [0.2, 0.25) is 15.8 Å². The van der Waals surface area contributed by atoms with E-state index in [2.05, 4.69) is 14.9 Å². The van der Waals surface area contributed by atoms with Crippen LogP contribution in [0.15, 0.2) is 88.3 Å². The molecule has 10 heteroatoms. The molecular formula is C24H21N3O6S. The van der Waals surface area contributed by atoms with Crippen LogP contribution in [0.25, 0.3) is 11.4 Å². The lowest BCUT2D eigenvalue weighted by atomic mass is 10.2. The van der Waals surface area contributed by atoms with Crippen molar-refractivity contribution in [1.82, 2.24) is 14.9 Å². The summed E-state index contributed by atoms with van der Waals surface area (Å²) < 4.78 is 43.3. The molecule has 0 aliphatic rings. The van der Waals surface area contributed by atoms with Gasteiger partial charge in [-0.1, -0.05) is 41.6 Å². The van der Waals surface area contributed by atoms with E-state index in [9.17, 15) is 13.2 Å². The van der Waals surface area contributed by atoms with Crippen molar-refractivity contribution < 1.29 is 27.2 Å². The summed E-state index contributed by atoms with van der Waals surface area (Å²) in [7, 11) is -2.25. The number of ether oxygens (including phenoxy) is 2. The quantitative estimate of drug-likeness (QED) is 0.362. The molecule has 174 valence electrons. The second kappa shape index (κ2) is 10.3. The molecule has 0 bridgehead atoms. The predicted octanol–water partition coefficient (Wildman–Crippen LogP) is 3.58. The average molecular weight is 480 g/mol. The summed E-state index contributed by atoms with van der Waals surface area (Å²) in [5, 5.41) is 3.88. The molecule has 1 N–H and O–H groups in total. The fourth-order valence-electron chi connectivity index (χ4n) is 3.03. The summed E-state index contributed by atoms with van der Waals surface area (Å²) >= 11 is 0. The van der Waals surface area contributed by atoms with E-state index in [4.69, 9.17) is 14.0 Å². The van der Waals surface area contributed by atoms with Crippen molar-refractivity contribution in [3.05, 3.63) is 95.9 Å². The SMILES string of the molecule is COc1ccc(-c2noc(COC(=O)c3cccc(S(=O)(=O)NCc4ccccc4)c3)n2)cc1. The van der Waals surface area contributed by atoms with E-state index in [1.807, 2.05) is 30.3 Å². The summed E-state index contributed by atoms with van der Waals surface area (Å²) in [4.78, 5) is 16.6. The normalized spacial score (nSPS) is 11.2. The molecule has 0 atom stereocenters. The summed E-state index contributed by atoms with van der Waals surface area (Å²) in [6.07, 6.45) is 0. The first-order valence-electron chi connectivity index (χ1n) is 10.2. The van der Waals surface area contributed by atoms with Gasteiger partial charge >= 0.3 is 5.97 Å². The first kappa shape index (κ1) is 23.1. The van der Waals surface area contributed by atoms with Crippen LogP contribution in [-0.4, -0.2) is 31.6 Å². The highest BCUT2D eigenvalue weighted by Crippen LogP contribution is 2.20. The zero-order valence-corrected chi connectivity index (χ0v) is 19.0. The molecule has 0 fully saturated rings. The van der Waals surface area contributed by atoms with Gasteiger partial charge in [-0.2, -0.15) is 4.98 Å². The molecule has 0 amide bonds. The lowest BCUT2D eigenvalue weighted by Crippen LogP contribution is -2.23. The smallest absolute Gasteiger partial charge is 0.338 e. The van der Waals surface area contributed by atoms with E-state index in [0.29, 0.717) is 17.1 Å². The Morgan fingerprint density at radius 3 is 2.50 bits per heavy atom. The molecule has 0 saturated heterocycles. The van der Waals surface area contributed by atoms with Gasteiger partial charge in [0, 0.05) is 12.1 Å². The number of aromatic nitrogens is 2. The molecule has 1 heterocycles. The van der Waals surface area contributed by atoms with Crippen molar-refractivity contribution in [2.75, 3.05) is 7.11 Å². The summed E-state index contributed by atoms with van der Waals surface area (Å²) in [5.41, 5.74) is 1.61. The zero-order valence-electron chi connectivity index (χ0n) is 18.2. The minimum absolute atomic E-state index is 0.0440. The second-order valence-electron chi connectivity index (χ2n) is 7.15. The van der Waals surface area contributed by atoms with Crippen molar-refractivity contribution in [3.63, 3.8) is 0 Å². The van der Waals surface area contributed by atoms with Gasteiger partial charge in [0.15, 0.2) is 6.61 Å². The molecule has 4 aromatic rings. The van der Waals surface area contributed by atoms with Crippen LogP contribution in [0, 0.1) is 0 Å². The lowest BCUT2D eigenvalue weighted by molar-refractivity contribution is 0.0429. The Kier molecular flexibility index (Phi) is 7.00. The van der Waals surface area contributed by atoms with Crippen molar-refractivity contribution in [1.29, 1.82) is 0 Å². The van der Waals surface area contributed by atoms with Gasteiger partial charge in [-0.25, -0.2) is 17.9 Å². The predicted molar refractivity (Wildman–Crippen MR) is 122 cm³/mol. The van der Waals surface area contributed by atoms with Gasteiger partial charge in [0.1, 0.15) is 5.75 Å². The van der Waals surface area contributed by atoms with E-state index < -0.39 is 16.0 Å². The highest BCUT2D eigenvalue weighted by molar-refractivity contribution is 7.89. The Balaban J connectivity index is 1.38.